The van der Waals surface area contributed by atoms with Crippen molar-refractivity contribution in [3.8, 4) is 10.6 Å². The number of nitrogens with two attached hydrogens (primary N) is 1. The zero-order valence-corrected chi connectivity index (χ0v) is 15.6. The van der Waals surface area contributed by atoms with Gasteiger partial charge in [0.15, 0.2) is 5.01 Å². The molecule has 1 aliphatic rings. The Hall–Kier alpha value is -2.94. The molecule has 2 aromatic heterocycles. The molecule has 0 aliphatic heterocycles. The smallest absolute Gasteiger partial charge is 0.248 e. The number of aromatic nitrogens is 3. The standard InChI is InChI=1S/C19H17F2N5OS/c20-13-5-4-11(16(22)27)9-12(13)17-25-26-18(28-17)24-10-19(6-2-7-19)15-14(21)3-1-8-23-15/h1,3-5,8-9H,2,6-7,10H2,(H2,22,27)(H,24,26). The molecule has 0 spiro atoms. The second-order valence-corrected chi connectivity index (χ2v) is 7.77. The molecule has 9 heteroatoms. The molecule has 1 fully saturated rings. The van der Waals surface area contributed by atoms with Gasteiger partial charge in [-0.25, -0.2) is 8.78 Å². The van der Waals surface area contributed by atoms with Crippen molar-refractivity contribution >= 4 is 22.4 Å². The molecule has 1 amide bonds. The molecular formula is C19H17F2N5OS. The van der Waals surface area contributed by atoms with Gasteiger partial charge >= 0.3 is 0 Å². The second kappa shape index (κ2) is 7.23. The van der Waals surface area contributed by atoms with Crippen LogP contribution in [0.1, 0.15) is 35.3 Å². The van der Waals surface area contributed by atoms with E-state index in [2.05, 4.69) is 20.5 Å². The molecule has 0 bridgehead atoms. The average molecular weight is 401 g/mol. The number of primary amides is 1. The highest BCUT2D eigenvalue weighted by atomic mass is 32.1. The predicted octanol–water partition coefficient (Wildman–Crippen LogP) is 3.51. The summed E-state index contributed by atoms with van der Waals surface area (Å²) in [5, 5.41) is 12.1. The van der Waals surface area contributed by atoms with Crippen LogP contribution in [-0.2, 0) is 5.41 Å². The summed E-state index contributed by atoms with van der Waals surface area (Å²) in [7, 11) is 0. The molecular weight excluding hydrogens is 384 g/mol. The van der Waals surface area contributed by atoms with E-state index in [9.17, 15) is 13.6 Å². The molecule has 1 saturated carbocycles. The number of nitrogens with one attached hydrogen (secondary N) is 1. The lowest BCUT2D eigenvalue weighted by molar-refractivity contribution is 0.100. The van der Waals surface area contributed by atoms with Crippen molar-refractivity contribution in [1.29, 1.82) is 0 Å². The van der Waals surface area contributed by atoms with E-state index in [1.807, 2.05) is 0 Å². The minimum Gasteiger partial charge on any atom is -0.366 e. The number of carbonyl (C=O) groups is 1. The number of hydrogen-bond donors (Lipinski definition) is 2. The molecule has 3 N–H and O–H groups in total. The highest BCUT2D eigenvalue weighted by Crippen LogP contribution is 2.44. The SMILES string of the molecule is NC(=O)c1ccc(F)c(-c2nnc(NCC3(c4ncccc4F)CCC3)s2)c1. The van der Waals surface area contributed by atoms with Crippen LogP contribution in [-0.4, -0.2) is 27.6 Å². The van der Waals surface area contributed by atoms with Crippen LogP contribution in [0.2, 0.25) is 0 Å². The van der Waals surface area contributed by atoms with Crippen molar-refractivity contribution in [2.45, 2.75) is 24.7 Å². The van der Waals surface area contributed by atoms with Crippen molar-refractivity contribution in [3.05, 3.63) is 59.4 Å². The molecule has 2 heterocycles. The molecule has 144 valence electrons. The highest BCUT2D eigenvalue weighted by Gasteiger charge is 2.42. The zero-order chi connectivity index (χ0) is 19.7. The Bertz CT molecular complexity index is 1030. The fourth-order valence-corrected chi connectivity index (χ4v) is 4.12. The van der Waals surface area contributed by atoms with E-state index >= 15 is 0 Å². The number of pyridine rings is 1. The molecule has 0 saturated heterocycles. The van der Waals surface area contributed by atoms with E-state index in [0.717, 1.165) is 30.6 Å². The maximum absolute atomic E-state index is 14.2. The predicted molar refractivity (Wildman–Crippen MR) is 102 cm³/mol. The Kier molecular flexibility index (Phi) is 4.76. The number of rotatable bonds is 6. The van der Waals surface area contributed by atoms with Crippen LogP contribution in [0.5, 0.6) is 0 Å². The van der Waals surface area contributed by atoms with Gasteiger partial charge in [0.25, 0.3) is 0 Å². The van der Waals surface area contributed by atoms with Gasteiger partial charge in [0.05, 0.1) is 5.69 Å². The lowest BCUT2D eigenvalue weighted by Gasteiger charge is -2.41. The van der Waals surface area contributed by atoms with Gasteiger partial charge in [-0.1, -0.05) is 17.8 Å². The molecule has 0 radical (unpaired) electrons. The second-order valence-electron chi connectivity index (χ2n) is 6.79. The summed E-state index contributed by atoms with van der Waals surface area (Å²) in [5.41, 5.74) is 5.69. The summed E-state index contributed by atoms with van der Waals surface area (Å²) in [6.07, 6.45) is 4.25. The number of benzene rings is 1. The number of amides is 1. The van der Waals surface area contributed by atoms with Gasteiger partial charge in [-0.15, -0.1) is 10.2 Å². The summed E-state index contributed by atoms with van der Waals surface area (Å²) in [6.45, 7) is 0.458. The van der Waals surface area contributed by atoms with Crippen LogP contribution >= 0.6 is 11.3 Å². The number of anilines is 1. The van der Waals surface area contributed by atoms with Gasteiger partial charge in [-0.05, 0) is 43.2 Å². The van der Waals surface area contributed by atoms with Crippen molar-refractivity contribution in [3.63, 3.8) is 0 Å². The molecule has 4 rings (SSSR count). The first-order valence-corrected chi connectivity index (χ1v) is 9.58. The fraction of sp³-hybridized carbons (Fsp3) is 0.263. The monoisotopic (exact) mass is 401 g/mol. The average Bonchev–Trinajstić information content (AvgIpc) is 3.11. The van der Waals surface area contributed by atoms with E-state index in [1.54, 1.807) is 12.3 Å². The number of carbonyl (C=O) groups excluding carboxylic acids is 1. The molecule has 3 aromatic rings. The number of hydrogen-bond acceptors (Lipinski definition) is 6. The quantitative estimate of drug-likeness (QED) is 0.659. The van der Waals surface area contributed by atoms with E-state index in [0.29, 0.717) is 22.4 Å². The fourth-order valence-electron chi connectivity index (χ4n) is 3.37. The van der Waals surface area contributed by atoms with Crippen LogP contribution in [0.4, 0.5) is 13.9 Å². The molecule has 0 unspecified atom stereocenters. The Morgan fingerprint density at radius 3 is 2.71 bits per heavy atom. The largest absolute Gasteiger partial charge is 0.366 e. The maximum atomic E-state index is 14.2. The molecule has 0 atom stereocenters. The van der Waals surface area contributed by atoms with E-state index < -0.39 is 11.7 Å². The topological polar surface area (TPSA) is 93.8 Å². The Morgan fingerprint density at radius 2 is 2.04 bits per heavy atom. The summed E-state index contributed by atoms with van der Waals surface area (Å²) in [5.74, 6) is -1.47. The molecule has 6 nitrogen and oxygen atoms in total. The first-order valence-electron chi connectivity index (χ1n) is 8.77. The zero-order valence-electron chi connectivity index (χ0n) is 14.8. The van der Waals surface area contributed by atoms with E-state index in [4.69, 9.17) is 5.73 Å². The highest BCUT2D eigenvalue weighted by molar-refractivity contribution is 7.18. The normalized spacial score (nSPS) is 15.1. The van der Waals surface area contributed by atoms with Crippen LogP contribution in [0.3, 0.4) is 0 Å². The third kappa shape index (κ3) is 3.33. The van der Waals surface area contributed by atoms with Gasteiger partial charge in [0.2, 0.25) is 11.0 Å². The summed E-state index contributed by atoms with van der Waals surface area (Å²) in [6, 6.07) is 6.85. The Balaban J connectivity index is 1.54. The van der Waals surface area contributed by atoms with Crippen LogP contribution < -0.4 is 11.1 Å². The van der Waals surface area contributed by atoms with Gasteiger partial charge in [0, 0.05) is 29.3 Å². The summed E-state index contributed by atoms with van der Waals surface area (Å²) < 4.78 is 28.4. The third-order valence-electron chi connectivity index (χ3n) is 5.06. The minimum atomic E-state index is -0.645. The van der Waals surface area contributed by atoms with Crippen LogP contribution in [0.25, 0.3) is 10.6 Å². The Labute approximate surface area is 163 Å². The van der Waals surface area contributed by atoms with Crippen molar-refractivity contribution < 1.29 is 13.6 Å². The third-order valence-corrected chi connectivity index (χ3v) is 5.97. The molecule has 28 heavy (non-hydrogen) atoms. The van der Waals surface area contributed by atoms with Gasteiger partial charge < -0.3 is 11.1 Å². The van der Waals surface area contributed by atoms with Gasteiger partial charge in [0.1, 0.15) is 11.6 Å². The van der Waals surface area contributed by atoms with Crippen molar-refractivity contribution in [2.24, 2.45) is 5.73 Å². The number of nitrogens with zero attached hydrogens (tertiary/aromatic N) is 3. The van der Waals surface area contributed by atoms with E-state index in [-0.39, 0.29) is 22.4 Å². The summed E-state index contributed by atoms with van der Waals surface area (Å²) in [4.78, 5) is 15.6. The lowest BCUT2D eigenvalue weighted by Crippen LogP contribution is -2.42. The van der Waals surface area contributed by atoms with Crippen molar-refractivity contribution in [1.82, 2.24) is 15.2 Å². The lowest BCUT2D eigenvalue weighted by atomic mass is 9.66. The van der Waals surface area contributed by atoms with E-state index in [1.165, 1.54) is 24.3 Å². The first kappa shape index (κ1) is 18.4. The van der Waals surface area contributed by atoms with Crippen molar-refractivity contribution in [2.75, 3.05) is 11.9 Å². The summed E-state index contributed by atoms with van der Waals surface area (Å²) >= 11 is 1.16. The molecule has 1 aliphatic carbocycles. The Morgan fingerprint density at radius 1 is 1.21 bits per heavy atom. The number of halogens is 2. The maximum Gasteiger partial charge on any atom is 0.248 e. The molecule has 1 aromatic carbocycles. The van der Waals surface area contributed by atoms with Gasteiger partial charge in [-0.3, -0.25) is 9.78 Å². The van der Waals surface area contributed by atoms with Gasteiger partial charge in [-0.2, -0.15) is 0 Å². The minimum absolute atomic E-state index is 0.163. The van der Waals surface area contributed by atoms with Crippen LogP contribution in [0, 0.1) is 11.6 Å². The first-order chi connectivity index (χ1) is 13.5. The van der Waals surface area contributed by atoms with Crippen LogP contribution in [0.15, 0.2) is 36.5 Å².